The minimum atomic E-state index is 0.717. The molecular weight excluding hydrogens is 330 g/mol. The second-order valence-corrected chi connectivity index (χ2v) is 6.71. The normalized spacial score (nSPS) is 21.0. The predicted molar refractivity (Wildman–Crippen MR) is 89.9 cm³/mol. The molecule has 0 atom stereocenters. The molecule has 1 aromatic heterocycles. The van der Waals surface area contributed by atoms with Crippen LogP contribution in [0.25, 0.3) is 0 Å². The monoisotopic (exact) mass is 353 g/mol. The van der Waals surface area contributed by atoms with Crippen molar-refractivity contribution in [3.05, 3.63) is 10.7 Å². The number of nitrogens with zero attached hydrogens (tertiary/aromatic N) is 4. The first-order valence-corrected chi connectivity index (χ1v) is 8.82. The highest BCUT2D eigenvalue weighted by Crippen LogP contribution is 2.28. The Morgan fingerprint density at radius 3 is 2.62 bits per heavy atom. The van der Waals surface area contributed by atoms with Gasteiger partial charge in [-0.3, -0.25) is 4.90 Å². The van der Waals surface area contributed by atoms with Crippen molar-refractivity contribution in [2.45, 2.75) is 38.6 Å². The van der Waals surface area contributed by atoms with Crippen LogP contribution in [0.3, 0.4) is 0 Å². The van der Waals surface area contributed by atoms with E-state index in [0.29, 0.717) is 5.95 Å². The molecular formula is C15H24BrN5. The van der Waals surface area contributed by atoms with Crippen LogP contribution in [0, 0.1) is 0 Å². The van der Waals surface area contributed by atoms with E-state index in [1.54, 1.807) is 0 Å². The summed E-state index contributed by atoms with van der Waals surface area (Å²) in [6.45, 7) is 7.31. The number of anilines is 2. The summed E-state index contributed by atoms with van der Waals surface area (Å²) in [6.07, 6.45) is 7.45. The maximum absolute atomic E-state index is 4.65. The molecule has 0 aromatic carbocycles. The molecule has 1 aliphatic heterocycles. The molecule has 21 heavy (non-hydrogen) atoms. The summed E-state index contributed by atoms with van der Waals surface area (Å²) in [4.78, 5) is 14.0. The minimum absolute atomic E-state index is 0.717. The van der Waals surface area contributed by atoms with E-state index in [2.05, 4.69) is 47.9 Å². The van der Waals surface area contributed by atoms with E-state index in [1.807, 2.05) is 6.20 Å². The Morgan fingerprint density at radius 1 is 1.24 bits per heavy atom. The van der Waals surface area contributed by atoms with Crippen LogP contribution >= 0.6 is 15.9 Å². The van der Waals surface area contributed by atoms with Crippen LogP contribution in [-0.2, 0) is 0 Å². The number of nitrogens with one attached hydrogen (secondary N) is 1. The van der Waals surface area contributed by atoms with Gasteiger partial charge in [0.25, 0.3) is 0 Å². The zero-order chi connectivity index (χ0) is 14.7. The van der Waals surface area contributed by atoms with Crippen molar-refractivity contribution in [2.24, 2.45) is 0 Å². The quantitative estimate of drug-likeness (QED) is 0.901. The summed E-state index contributed by atoms with van der Waals surface area (Å²) < 4.78 is 0.985. The summed E-state index contributed by atoms with van der Waals surface area (Å²) in [6, 6.07) is 0.832. The molecule has 0 radical (unpaired) electrons. The van der Waals surface area contributed by atoms with E-state index in [4.69, 9.17) is 0 Å². The standard InChI is InChI=1S/C15H24BrN5/c1-2-17-15-18-11-13(16)14(19-15)21-9-7-20(8-10-21)12-5-3-4-6-12/h11-12H,2-10H2,1H3,(H,17,18,19). The summed E-state index contributed by atoms with van der Waals surface area (Å²) in [5, 5.41) is 3.19. The van der Waals surface area contributed by atoms with Crippen molar-refractivity contribution < 1.29 is 0 Å². The molecule has 1 aromatic rings. The van der Waals surface area contributed by atoms with Gasteiger partial charge in [0.1, 0.15) is 5.82 Å². The molecule has 1 aliphatic carbocycles. The number of hydrogen-bond donors (Lipinski definition) is 1. The first-order chi connectivity index (χ1) is 10.3. The lowest BCUT2D eigenvalue weighted by Crippen LogP contribution is -2.50. The molecule has 0 amide bonds. The number of halogens is 1. The van der Waals surface area contributed by atoms with Gasteiger partial charge in [0.15, 0.2) is 0 Å². The molecule has 0 unspecified atom stereocenters. The molecule has 1 saturated carbocycles. The van der Waals surface area contributed by atoms with Crippen LogP contribution in [0.4, 0.5) is 11.8 Å². The van der Waals surface area contributed by atoms with Gasteiger partial charge in [-0.05, 0) is 35.7 Å². The molecule has 1 N–H and O–H groups in total. The Kier molecular flexibility index (Phi) is 4.95. The summed E-state index contributed by atoms with van der Waals surface area (Å²) >= 11 is 3.59. The zero-order valence-corrected chi connectivity index (χ0v) is 14.3. The molecule has 0 spiro atoms. The first kappa shape index (κ1) is 15.0. The Labute approximate surface area is 135 Å². The molecule has 3 rings (SSSR count). The van der Waals surface area contributed by atoms with Crippen molar-refractivity contribution in [3.63, 3.8) is 0 Å². The zero-order valence-electron chi connectivity index (χ0n) is 12.7. The highest BCUT2D eigenvalue weighted by atomic mass is 79.9. The van der Waals surface area contributed by atoms with Crippen LogP contribution in [0.1, 0.15) is 32.6 Å². The molecule has 0 bridgehead atoms. The lowest BCUT2D eigenvalue weighted by molar-refractivity contribution is 0.187. The maximum Gasteiger partial charge on any atom is 0.224 e. The number of hydrogen-bond acceptors (Lipinski definition) is 5. The first-order valence-electron chi connectivity index (χ1n) is 8.03. The van der Waals surface area contributed by atoms with E-state index >= 15 is 0 Å². The second-order valence-electron chi connectivity index (χ2n) is 5.86. The fourth-order valence-corrected chi connectivity index (χ4v) is 3.83. The van der Waals surface area contributed by atoms with Crippen LogP contribution < -0.4 is 10.2 Å². The van der Waals surface area contributed by atoms with E-state index in [1.165, 1.54) is 25.7 Å². The third kappa shape index (κ3) is 3.48. The highest BCUT2D eigenvalue weighted by molar-refractivity contribution is 9.10. The van der Waals surface area contributed by atoms with Crippen LogP contribution in [-0.4, -0.2) is 53.6 Å². The molecule has 2 heterocycles. The van der Waals surface area contributed by atoms with Gasteiger partial charge in [-0.15, -0.1) is 0 Å². The van der Waals surface area contributed by atoms with Gasteiger partial charge in [0.2, 0.25) is 5.95 Å². The van der Waals surface area contributed by atoms with Gasteiger partial charge in [-0.25, -0.2) is 4.98 Å². The molecule has 2 fully saturated rings. The van der Waals surface area contributed by atoms with Crippen molar-refractivity contribution in [2.75, 3.05) is 42.9 Å². The lowest BCUT2D eigenvalue weighted by atomic mass is 10.2. The van der Waals surface area contributed by atoms with E-state index in [-0.39, 0.29) is 0 Å². The SMILES string of the molecule is CCNc1ncc(Br)c(N2CCN(C3CCCC3)CC2)n1. The fourth-order valence-electron chi connectivity index (χ4n) is 3.39. The number of rotatable bonds is 4. The number of aromatic nitrogens is 2. The molecule has 6 heteroatoms. The van der Waals surface area contributed by atoms with Gasteiger partial charge in [0.05, 0.1) is 4.47 Å². The predicted octanol–water partition coefficient (Wildman–Crippen LogP) is 2.74. The van der Waals surface area contributed by atoms with Gasteiger partial charge in [-0.1, -0.05) is 12.8 Å². The van der Waals surface area contributed by atoms with Crippen LogP contribution in [0.15, 0.2) is 10.7 Å². The summed E-state index contributed by atoms with van der Waals surface area (Å²) in [5.41, 5.74) is 0. The van der Waals surface area contributed by atoms with Crippen molar-refractivity contribution >= 4 is 27.7 Å². The van der Waals surface area contributed by atoms with E-state index < -0.39 is 0 Å². The third-order valence-electron chi connectivity index (χ3n) is 4.52. The lowest BCUT2D eigenvalue weighted by Gasteiger charge is -2.38. The fraction of sp³-hybridized carbons (Fsp3) is 0.733. The van der Waals surface area contributed by atoms with Gasteiger partial charge in [0, 0.05) is 45.0 Å². The Bertz CT molecular complexity index is 467. The maximum atomic E-state index is 4.65. The van der Waals surface area contributed by atoms with Crippen LogP contribution in [0.2, 0.25) is 0 Å². The Morgan fingerprint density at radius 2 is 1.95 bits per heavy atom. The average Bonchev–Trinajstić information content (AvgIpc) is 3.04. The molecule has 5 nitrogen and oxygen atoms in total. The van der Waals surface area contributed by atoms with Crippen molar-refractivity contribution in [1.82, 2.24) is 14.9 Å². The Hall–Kier alpha value is -0.880. The third-order valence-corrected chi connectivity index (χ3v) is 5.07. The van der Waals surface area contributed by atoms with Gasteiger partial charge >= 0.3 is 0 Å². The number of piperazine rings is 1. The largest absolute Gasteiger partial charge is 0.354 e. The van der Waals surface area contributed by atoms with Crippen molar-refractivity contribution in [3.8, 4) is 0 Å². The van der Waals surface area contributed by atoms with Gasteiger partial charge < -0.3 is 10.2 Å². The van der Waals surface area contributed by atoms with Crippen LogP contribution in [0.5, 0.6) is 0 Å². The topological polar surface area (TPSA) is 44.3 Å². The molecule has 1 saturated heterocycles. The summed E-state index contributed by atoms with van der Waals surface area (Å²) in [5.74, 6) is 1.74. The average molecular weight is 354 g/mol. The molecule has 116 valence electrons. The Balaban J connectivity index is 1.64. The van der Waals surface area contributed by atoms with Gasteiger partial charge in [-0.2, -0.15) is 4.98 Å². The second kappa shape index (κ2) is 6.92. The van der Waals surface area contributed by atoms with E-state index in [0.717, 1.165) is 49.1 Å². The summed E-state index contributed by atoms with van der Waals surface area (Å²) in [7, 11) is 0. The minimum Gasteiger partial charge on any atom is -0.354 e. The van der Waals surface area contributed by atoms with Crippen molar-refractivity contribution in [1.29, 1.82) is 0 Å². The highest BCUT2D eigenvalue weighted by Gasteiger charge is 2.27. The smallest absolute Gasteiger partial charge is 0.224 e. The molecule has 2 aliphatic rings. The van der Waals surface area contributed by atoms with E-state index in [9.17, 15) is 0 Å².